The molecule has 2 aromatic heterocycles. The SMILES string of the molecule is C[C@@H]1C(=O)N(c2cccc(C#N)c2)c2cnc(Nc3ccc4[nH]ncc4c3F)nc2N1C1CCCC1. The predicted octanol–water partition coefficient (Wildman–Crippen LogP) is 4.92. The average molecular weight is 483 g/mol. The fourth-order valence-electron chi connectivity index (χ4n) is 5.23. The Kier molecular flexibility index (Phi) is 5.25. The summed E-state index contributed by atoms with van der Waals surface area (Å²) in [5.41, 5.74) is 2.40. The lowest BCUT2D eigenvalue weighted by molar-refractivity contribution is -0.119. The van der Waals surface area contributed by atoms with Crippen LogP contribution in [0.3, 0.4) is 0 Å². The van der Waals surface area contributed by atoms with Crippen LogP contribution in [0.15, 0.2) is 48.8 Å². The molecule has 2 N–H and O–H groups in total. The number of anilines is 5. The van der Waals surface area contributed by atoms with Crippen LogP contribution in [-0.2, 0) is 4.79 Å². The molecule has 0 saturated heterocycles. The van der Waals surface area contributed by atoms with Crippen LogP contribution in [0.4, 0.5) is 33.2 Å². The maximum absolute atomic E-state index is 15.0. The number of aromatic amines is 1. The highest BCUT2D eigenvalue weighted by Gasteiger charge is 2.41. The van der Waals surface area contributed by atoms with Crippen molar-refractivity contribution in [3.05, 3.63) is 60.2 Å². The molecule has 4 aromatic rings. The van der Waals surface area contributed by atoms with Crippen LogP contribution in [0.5, 0.6) is 0 Å². The van der Waals surface area contributed by atoms with E-state index in [1.165, 1.54) is 6.20 Å². The smallest absolute Gasteiger partial charge is 0.254 e. The summed E-state index contributed by atoms with van der Waals surface area (Å²) < 4.78 is 15.0. The first-order valence-electron chi connectivity index (χ1n) is 11.9. The Bertz CT molecular complexity index is 1520. The molecule has 0 unspecified atom stereocenters. The second-order valence-corrected chi connectivity index (χ2v) is 9.14. The molecule has 0 radical (unpaired) electrons. The number of nitrogens with zero attached hydrogens (tertiary/aromatic N) is 6. The molecule has 1 amide bonds. The Hall–Kier alpha value is -4.52. The van der Waals surface area contributed by atoms with Gasteiger partial charge in [-0.1, -0.05) is 18.9 Å². The summed E-state index contributed by atoms with van der Waals surface area (Å²) >= 11 is 0. The van der Waals surface area contributed by atoms with Gasteiger partial charge in [-0.25, -0.2) is 9.37 Å². The van der Waals surface area contributed by atoms with Crippen LogP contribution in [0.2, 0.25) is 0 Å². The number of H-pyrrole nitrogens is 1. The van der Waals surface area contributed by atoms with Crippen molar-refractivity contribution >= 4 is 45.6 Å². The first kappa shape index (κ1) is 22.0. The van der Waals surface area contributed by atoms with Crippen LogP contribution in [0.1, 0.15) is 38.2 Å². The quantitative estimate of drug-likeness (QED) is 0.424. The van der Waals surface area contributed by atoms with E-state index in [-0.39, 0.29) is 23.6 Å². The van der Waals surface area contributed by atoms with Crippen molar-refractivity contribution in [2.75, 3.05) is 15.1 Å². The van der Waals surface area contributed by atoms with Crippen molar-refractivity contribution in [2.24, 2.45) is 0 Å². The molecule has 0 spiro atoms. The maximum atomic E-state index is 15.0. The maximum Gasteiger partial charge on any atom is 0.254 e. The van der Waals surface area contributed by atoms with E-state index in [0.29, 0.717) is 33.7 Å². The highest BCUT2D eigenvalue weighted by molar-refractivity contribution is 6.10. The number of aromatic nitrogens is 4. The summed E-state index contributed by atoms with van der Waals surface area (Å²) in [6, 6.07) is 12.1. The van der Waals surface area contributed by atoms with Gasteiger partial charge < -0.3 is 10.2 Å². The highest BCUT2D eigenvalue weighted by Crippen LogP contribution is 2.43. The van der Waals surface area contributed by atoms with Gasteiger partial charge in [0.2, 0.25) is 5.95 Å². The van der Waals surface area contributed by atoms with E-state index in [9.17, 15) is 10.1 Å². The summed E-state index contributed by atoms with van der Waals surface area (Å²) in [7, 11) is 0. The highest BCUT2D eigenvalue weighted by atomic mass is 19.1. The largest absolute Gasteiger partial charge is 0.340 e. The van der Waals surface area contributed by atoms with Crippen molar-refractivity contribution in [1.29, 1.82) is 5.26 Å². The van der Waals surface area contributed by atoms with Gasteiger partial charge in [0.15, 0.2) is 11.6 Å². The van der Waals surface area contributed by atoms with Gasteiger partial charge in [-0.3, -0.25) is 14.8 Å². The molecule has 1 aliphatic heterocycles. The number of amides is 1. The number of benzene rings is 2. The predicted molar refractivity (Wildman–Crippen MR) is 134 cm³/mol. The first-order valence-corrected chi connectivity index (χ1v) is 11.9. The summed E-state index contributed by atoms with van der Waals surface area (Å²) in [4.78, 5) is 26.5. The Labute approximate surface area is 206 Å². The van der Waals surface area contributed by atoms with Gasteiger partial charge in [0, 0.05) is 6.04 Å². The normalized spacial score (nSPS) is 17.9. The zero-order valence-electron chi connectivity index (χ0n) is 19.6. The van der Waals surface area contributed by atoms with E-state index in [2.05, 4.69) is 31.5 Å². The minimum absolute atomic E-state index is 0.106. The molecule has 0 bridgehead atoms. The van der Waals surface area contributed by atoms with Gasteiger partial charge in [-0.15, -0.1) is 0 Å². The number of nitriles is 1. The Balaban J connectivity index is 1.46. The molecular formula is C26H23FN8O. The minimum atomic E-state index is -0.465. The lowest BCUT2D eigenvalue weighted by atomic mass is 10.0. The van der Waals surface area contributed by atoms with E-state index >= 15 is 4.39 Å². The molecule has 180 valence electrons. The molecule has 10 heteroatoms. The third-order valence-corrected chi connectivity index (χ3v) is 6.99. The number of carbonyl (C=O) groups is 1. The number of halogens is 1. The van der Waals surface area contributed by atoms with E-state index < -0.39 is 11.9 Å². The van der Waals surface area contributed by atoms with E-state index in [1.54, 1.807) is 47.5 Å². The molecule has 2 aromatic carbocycles. The van der Waals surface area contributed by atoms with Crippen molar-refractivity contribution < 1.29 is 9.18 Å². The van der Waals surface area contributed by atoms with E-state index in [4.69, 9.17) is 4.98 Å². The summed E-state index contributed by atoms with van der Waals surface area (Å²) in [5, 5.41) is 19.4. The van der Waals surface area contributed by atoms with Gasteiger partial charge in [-0.2, -0.15) is 15.3 Å². The van der Waals surface area contributed by atoms with Crippen LogP contribution >= 0.6 is 0 Å². The second-order valence-electron chi connectivity index (χ2n) is 9.14. The lowest BCUT2D eigenvalue weighted by Crippen LogP contribution is -2.54. The summed E-state index contributed by atoms with van der Waals surface area (Å²) in [6.45, 7) is 1.88. The molecular weight excluding hydrogens is 459 g/mol. The van der Waals surface area contributed by atoms with Gasteiger partial charge in [0.05, 0.1) is 46.3 Å². The van der Waals surface area contributed by atoms with Crippen LogP contribution in [0, 0.1) is 17.1 Å². The fourth-order valence-corrected chi connectivity index (χ4v) is 5.23. The van der Waals surface area contributed by atoms with Crippen molar-refractivity contribution in [3.63, 3.8) is 0 Å². The molecule has 1 aliphatic carbocycles. The fraction of sp³-hybridized carbons (Fsp3) is 0.269. The molecule has 3 heterocycles. The number of rotatable bonds is 4. The number of carbonyl (C=O) groups excluding carboxylic acids is 1. The van der Waals surface area contributed by atoms with Crippen molar-refractivity contribution in [2.45, 2.75) is 44.7 Å². The Morgan fingerprint density at radius 1 is 1.19 bits per heavy atom. The standard InChI is InChI=1S/C26H23FN8O/c1-15-25(36)35(18-8-4-5-16(11-18)12-28)22-14-29-26(32-24(22)34(15)17-6-2-3-7-17)31-21-10-9-20-19(23(21)27)13-30-33-20/h4-5,8-11,13-15,17H,2-3,6-7H2,1H3,(H,30,33)(H,29,31,32)/t15-/m1/s1. The molecule has 2 aliphatic rings. The third kappa shape index (κ3) is 3.51. The average Bonchev–Trinajstić information content (AvgIpc) is 3.60. The van der Waals surface area contributed by atoms with Crippen molar-refractivity contribution in [1.82, 2.24) is 20.2 Å². The van der Waals surface area contributed by atoms with Crippen LogP contribution in [0.25, 0.3) is 10.9 Å². The van der Waals surface area contributed by atoms with Crippen molar-refractivity contribution in [3.8, 4) is 6.07 Å². The summed E-state index contributed by atoms with van der Waals surface area (Å²) in [5.74, 6) is 0.281. The number of fused-ring (bicyclic) bond motifs is 2. The van der Waals surface area contributed by atoms with Gasteiger partial charge >= 0.3 is 0 Å². The number of nitrogens with one attached hydrogen (secondary N) is 2. The Morgan fingerprint density at radius 2 is 2.03 bits per heavy atom. The second kappa shape index (κ2) is 8.61. The topological polar surface area (TPSA) is 114 Å². The van der Waals surface area contributed by atoms with Gasteiger partial charge in [0.1, 0.15) is 11.7 Å². The summed E-state index contributed by atoms with van der Waals surface area (Å²) in [6.07, 6.45) is 7.16. The van der Waals surface area contributed by atoms with E-state index in [0.717, 1.165) is 25.7 Å². The molecule has 1 saturated carbocycles. The Morgan fingerprint density at radius 3 is 2.83 bits per heavy atom. The van der Waals surface area contributed by atoms with E-state index in [1.807, 2.05) is 6.92 Å². The third-order valence-electron chi connectivity index (χ3n) is 6.99. The zero-order valence-corrected chi connectivity index (χ0v) is 19.6. The minimum Gasteiger partial charge on any atom is -0.340 e. The van der Waals surface area contributed by atoms with Crippen LogP contribution < -0.4 is 15.1 Å². The monoisotopic (exact) mass is 482 g/mol. The van der Waals surface area contributed by atoms with Gasteiger partial charge in [0.25, 0.3) is 5.91 Å². The number of hydrogen-bond acceptors (Lipinski definition) is 7. The van der Waals surface area contributed by atoms with Gasteiger partial charge in [-0.05, 0) is 50.1 Å². The lowest BCUT2D eigenvalue weighted by Gasteiger charge is -2.43. The molecule has 1 atom stereocenters. The zero-order chi connectivity index (χ0) is 24.8. The van der Waals surface area contributed by atoms with Crippen LogP contribution in [-0.4, -0.2) is 38.2 Å². The molecule has 9 nitrogen and oxygen atoms in total. The molecule has 36 heavy (non-hydrogen) atoms. The first-order chi connectivity index (χ1) is 17.5. The molecule has 1 fully saturated rings. The molecule has 6 rings (SSSR count). The number of hydrogen-bond donors (Lipinski definition) is 2.